The van der Waals surface area contributed by atoms with Crippen LogP contribution < -0.4 is 22.1 Å². The first-order valence-electron chi connectivity index (χ1n) is 4.05. The first-order chi connectivity index (χ1) is 5.95. The molecule has 1 heterocycles. The van der Waals surface area contributed by atoms with E-state index in [1.165, 1.54) is 0 Å². The average molecular weight is 160 g/mol. The largest absolute Gasteiger partial charge is 0.281 e. The smallest absolute Gasteiger partial charge is 0.142 e. The summed E-state index contributed by atoms with van der Waals surface area (Å²) in [5.41, 5.74) is 2.09. The van der Waals surface area contributed by atoms with Crippen LogP contribution in [0.5, 0.6) is 0 Å². The fourth-order valence-electron chi connectivity index (χ4n) is 1.28. The number of pyridine rings is 1. The van der Waals surface area contributed by atoms with Crippen LogP contribution in [0, 0.1) is 0 Å². The lowest BCUT2D eigenvalue weighted by atomic mass is 9.69. The van der Waals surface area contributed by atoms with Crippen molar-refractivity contribution >= 4 is 53.5 Å². The van der Waals surface area contributed by atoms with Crippen LogP contribution in [0.4, 0.5) is 0 Å². The molecule has 0 fully saturated rings. The Kier molecular flexibility index (Phi) is 2.94. The molecular formula is C8H7B4N. The molecule has 0 aliphatic rings. The summed E-state index contributed by atoms with van der Waals surface area (Å²) in [6.45, 7) is 3.94. The lowest BCUT2D eigenvalue weighted by Gasteiger charge is -2.18. The van der Waals surface area contributed by atoms with Gasteiger partial charge in [-0.15, -0.1) is 0 Å². The Balaban J connectivity index is 3.44. The molecule has 0 aliphatic heterocycles. The summed E-state index contributed by atoms with van der Waals surface area (Å²) in [6, 6.07) is 0. The van der Waals surface area contributed by atoms with Crippen molar-refractivity contribution in [3.8, 4) is 0 Å². The Hall–Kier alpha value is -0.590. The van der Waals surface area contributed by atoms with Crippen molar-refractivity contribution in [2.75, 3.05) is 0 Å². The van der Waals surface area contributed by atoms with Crippen LogP contribution in [-0.4, -0.2) is 36.4 Å². The summed E-state index contributed by atoms with van der Waals surface area (Å²) in [7, 11) is 22.5. The lowest BCUT2D eigenvalue weighted by molar-refractivity contribution is 0.876. The van der Waals surface area contributed by atoms with E-state index in [1.807, 2.05) is 13.8 Å². The van der Waals surface area contributed by atoms with Gasteiger partial charge in [0.15, 0.2) is 0 Å². The molecule has 0 aromatic carbocycles. The fraction of sp³-hybridized carbons (Fsp3) is 0.375. The van der Waals surface area contributed by atoms with E-state index in [1.54, 1.807) is 0 Å². The van der Waals surface area contributed by atoms with Gasteiger partial charge in [0.25, 0.3) is 0 Å². The van der Waals surface area contributed by atoms with Crippen molar-refractivity contribution in [2.45, 2.75) is 19.8 Å². The van der Waals surface area contributed by atoms with Gasteiger partial charge in [0.2, 0.25) is 0 Å². The molecule has 0 bridgehead atoms. The second-order valence-corrected chi connectivity index (χ2v) is 3.28. The van der Waals surface area contributed by atoms with Crippen LogP contribution >= 0.6 is 0 Å². The van der Waals surface area contributed by atoms with Crippen LogP contribution in [0.15, 0.2) is 0 Å². The second kappa shape index (κ2) is 3.65. The minimum atomic E-state index is 0.190. The third-order valence-corrected chi connectivity index (χ3v) is 1.95. The topological polar surface area (TPSA) is 12.9 Å². The molecule has 1 nitrogen and oxygen atoms in total. The predicted octanol–water partition coefficient (Wildman–Crippen LogP) is -2.62. The molecule has 0 spiro atoms. The monoisotopic (exact) mass is 161 g/mol. The maximum absolute atomic E-state index is 5.76. The van der Waals surface area contributed by atoms with E-state index >= 15 is 0 Å². The molecule has 1 aromatic rings. The van der Waals surface area contributed by atoms with Crippen molar-refractivity contribution in [1.29, 1.82) is 0 Å². The summed E-state index contributed by atoms with van der Waals surface area (Å²) >= 11 is 0. The number of hydrogen-bond donors (Lipinski definition) is 0. The summed E-state index contributed by atoms with van der Waals surface area (Å²) in [5.74, 6) is 0.190. The maximum Gasteiger partial charge on any atom is 0.142 e. The highest BCUT2D eigenvalue weighted by molar-refractivity contribution is 6.58. The Morgan fingerprint density at radius 2 is 1.46 bits per heavy atom. The predicted molar refractivity (Wildman–Crippen MR) is 59.9 cm³/mol. The van der Waals surface area contributed by atoms with E-state index in [0.717, 1.165) is 5.56 Å². The molecule has 13 heavy (non-hydrogen) atoms. The highest BCUT2D eigenvalue weighted by Gasteiger charge is 2.10. The van der Waals surface area contributed by atoms with Gasteiger partial charge in [-0.2, -0.15) is 0 Å². The van der Waals surface area contributed by atoms with Crippen LogP contribution in [0.25, 0.3) is 0 Å². The number of hydrogen-bond acceptors (Lipinski definition) is 1. The van der Waals surface area contributed by atoms with Crippen molar-refractivity contribution in [3.63, 3.8) is 0 Å². The highest BCUT2D eigenvalue weighted by Crippen LogP contribution is 2.05. The zero-order valence-electron chi connectivity index (χ0n) is 7.83. The molecule has 0 unspecified atom stereocenters. The fourth-order valence-corrected chi connectivity index (χ4v) is 1.28. The van der Waals surface area contributed by atoms with Gasteiger partial charge in [-0.3, -0.25) is 4.98 Å². The molecule has 1 aromatic heterocycles. The lowest BCUT2D eigenvalue weighted by Crippen LogP contribution is -2.48. The van der Waals surface area contributed by atoms with Crippen LogP contribution in [-0.2, 0) is 0 Å². The molecular weight excluding hydrogens is 153 g/mol. The van der Waals surface area contributed by atoms with E-state index in [4.69, 9.17) is 31.4 Å². The van der Waals surface area contributed by atoms with Crippen LogP contribution in [0.3, 0.4) is 0 Å². The molecule has 1 rings (SSSR count). The maximum atomic E-state index is 5.76. The molecule has 0 saturated carbocycles. The van der Waals surface area contributed by atoms with Gasteiger partial charge in [0.05, 0.1) is 0 Å². The van der Waals surface area contributed by atoms with Crippen molar-refractivity contribution in [3.05, 3.63) is 5.56 Å². The third-order valence-electron chi connectivity index (χ3n) is 1.95. The van der Waals surface area contributed by atoms with Crippen LogP contribution in [0.1, 0.15) is 25.3 Å². The molecule has 56 valence electrons. The van der Waals surface area contributed by atoms with E-state index in [9.17, 15) is 0 Å². The van der Waals surface area contributed by atoms with Gasteiger partial charge in [-0.25, -0.2) is 0 Å². The summed E-state index contributed by atoms with van der Waals surface area (Å²) in [5, 5.41) is 0. The van der Waals surface area contributed by atoms with E-state index in [2.05, 4.69) is 4.98 Å². The van der Waals surface area contributed by atoms with Crippen molar-refractivity contribution in [1.82, 2.24) is 4.98 Å². The van der Waals surface area contributed by atoms with Crippen molar-refractivity contribution < 1.29 is 0 Å². The minimum absolute atomic E-state index is 0.190. The average Bonchev–Trinajstić information content (AvgIpc) is 1.99. The van der Waals surface area contributed by atoms with E-state index < -0.39 is 0 Å². The Morgan fingerprint density at radius 1 is 0.923 bits per heavy atom. The Morgan fingerprint density at radius 3 is 1.92 bits per heavy atom. The first kappa shape index (κ1) is 10.5. The summed E-state index contributed by atoms with van der Waals surface area (Å²) in [4.78, 5) is 3.91. The minimum Gasteiger partial charge on any atom is -0.281 e. The number of nitrogens with zero attached hydrogens (tertiary/aromatic N) is 1. The second-order valence-electron chi connectivity index (χ2n) is 3.28. The Labute approximate surface area is 84.4 Å². The molecule has 5 heteroatoms. The van der Waals surface area contributed by atoms with Crippen LogP contribution in [0.2, 0.25) is 0 Å². The SMILES string of the molecule is [B]c1nc([B])c(C(C)C)c([B])c1[B]. The zero-order valence-corrected chi connectivity index (χ0v) is 7.83. The first-order valence-corrected chi connectivity index (χ1v) is 4.05. The summed E-state index contributed by atoms with van der Waals surface area (Å²) < 4.78 is 0. The molecule has 8 radical (unpaired) electrons. The Bertz CT molecular complexity index is 335. The van der Waals surface area contributed by atoms with Gasteiger partial charge >= 0.3 is 0 Å². The molecule has 0 aliphatic carbocycles. The highest BCUT2D eigenvalue weighted by atomic mass is 14.7. The third kappa shape index (κ3) is 1.84. The molecule has 0 N–H and O–H groups in total. The molecule has 0 atom stereocenters. The standard InChI is InChI=1S/C8H7B4N/c1-3(2)4-5(9)6(10)8(12)13-7(4)11/h3H,1-2H3. The number of rotatable bonds is 1. The normalized spacial score (nSPS) is 10.7. The molecule has 0 saturated heterocycles. The van der Waals surface area contributed by atoms with Gasteiger partial charge < -0.3 is 0 Å². The summed E-state index contributed by atoms with van der Waals surface area (Å²) in [6.07, 6.45) is 0. The molecule has 0 amide bonds. The number of aromatic nitrogens is 1. The van der Waals surface area contributed by atoms with Gasteiger partial charge in [0.1, 0.15) is 31.4 Å². The zero-order chi connectivity index (χ0) is 10.2. The van der Waals surface area contributed by atoms with E-state index in [-0.39, 0.29) is 11.5 Å². The van der Waals surface area contributed by atoms with Crippen molar-refractivity contribution in [2.24, 2.45) is 0 Å². The van der Waals surface area contributed by atoms with Gasteiger partial charge in [-0.1, -0.05) is 24.8 Å². The van der Waals surface area contributed by atoms with Gasteiger partial charge in [0, 0.05) is 0 Å². The van der Waals surface area contributed by atoms with E-state index in [0.29, 0.717) is 16.5 Å². The quantitative estimate of drug-likeness (QED) is 0.410. The van der Waals surface area contributed by atoms with Gasteiger partial charge in [-0.05, 0) is 22.7 Å².